The van der Waals surface area contributed by atoms with Crippen LogP contribution in [0.2, 0.25) is 0 Å². The van der Waals surface area contributed by atoms with Gasteiger partial charge in [-0.05, 0) is 48.9 Å². The third-order valence-electron chi connectivity index (χ3n) is 4.49. The van der Waals surface area contributed by atoms with Crippen LogP contribution >= 0.6 is 24.0 Å². The molecule has 1 fully saturated rings. The van der Waals surface area contributed by atoms with Crippen molar-refractivity contribution in [2.45, 2.75) is 26.2 Å². The summed E-state index contributed by atoms with van der Waals surface area (Å²) in [6.07, 6.45) is 5.04. The third-order valence-corrected chi connectivity index (χ3v) is 4.49. The second-order valence-corrected chi connectivity index (χ2v) is 6.16. The summed E-state index contributed by atoms with van der Waals surface area (Å²) in [5, 5.41) is 0.931. The summed E-state index contributed by atoms with van der Waals surface area (Å²) in [6.45, 7) is 4.89. The van der Waals surface area contributed by atoms with E-state index in [1.54, 1.807) is 12.1 Å². The highest BCUT2D eigenvalue weighted by atomic mass is 127. The van der Waals surface area contributed by atoms with Crippen LogP contribution in [0, 0.1) is 11.7 Å². The first-order valence-corrected chi connectivity index (χ1v) is 7.94. The number of hydrogen-bond acceptors (Lipinski definition) is 1. The fourth-order valence-electron chi connectivity index (χ4n) is 2.99. The number of piperidine rings is 1. The molecular formula is C17H24FIN4. The Morgan fingerprint density at radius 3 is 2.87 bits per heavy atom. The molecule has 1 aliphatic rings. The van der Waals surface area contributed by atoms with Gasteiger partial charge in [0.15, 0.2) is 5.96 Å². The molecule has 1 saturated heterocycles. The van der Waals surface area contributed by atoms with Crippen LogP contribution in [0.3, 0.4) is 0 Å². The van der Waals surface area contributed by atoms with Gasteiger partial charge in [0, 0.05) is 36.7 Å². The first-order chi connectivity index (χ1) is 10.6. The molecule has 0 saturated carbocycles. The maximum atomic E-state index is 13.4. The third kappa shape index (κ3) is 4.37. The molecule has 3 rings (SSSR count). The van der Waals surface area contributed by atoms with E-state index in [1.165, 1.54) is 18.9 Å². The molecule has 2 aromatic rings. The molecule has 4 nitrogen and oxygen atoms in total. The number of halogens is 2. The zero-order valence-electron chi connectivity index (χ0n) is 13.4. The maximum Gasteiger partial charge on any atom is 0.191 e. The standard InChI is InChI=1S/C17H23FN4.HI/c1-12-5-8-22(9-6-12)17(19)20-7-4-13-11-21-16-3-2-14(18)10-15(13)16;/h2-3,10-12,21H,4-9H2,1H3,(H2,19,20);1H. The van der Waals surface area contributed by atoms with Crippen molar-refractivity contribution in [3.05, 3.63) is 35.8 Å². The van der Waals surface area contributed by atoms with Crippen LogP contribution in [0.1, 0.15) is 25.3 Å². The molecular weight excluding hydrogens is 406 g/mol. The number of nitrogens with zero attached hydrogens (tertiary/aromatic N) is 2. The van der Waals surface area contributed by atoms with Gasteiger partial charge < -0.3 is 15.6 Å². The fraction of sp³-hybridized carbons (Fsp3) is 0.471. The van der Waals surface area contributed by atoms with Crippen LogP contribution in [0.4, 0.5) is 4.39 Å². The lowest BCUT2D eigenvalue weighted by Gasteiger charge is -2.31. The van der Waals surface area contributed by atoms with Crippen LogP contribution in [0.5, 0.6) is 0 Å². The number of rotatable bonds is 3. The zero-order chi connectivity index (χ0) is 15.5. The molecule has 1 aromatic carbocycles. The van der Waals surface area contributed by atoms with Gasteiger partial charge in [-0.2, -0.15) is 0 Å². The molecule has 126 valence electrons. The molecule has 23 heavy (non-hydrogen) atoms. The highest BCUT2D eigenvalue weighted by Gasteiger charge is 2.16. The maximum absolute atomic E-state index is 13.4. The van der Waals surface area contributed by atoms with Crippen molar-refractivity contribution in [2.24, 2.45) is 16.6 Å². The summed E-state index contributed by atoms with van der Waals surface area (Å²) in [4.78, 5) is 9.82. The molecule has 1 aliphatic heterocycles. The highest BCUT2D eigenvalue weighted by molar-refractivity contribution is 14.0. The van der Waals surface area contributed by atoms with E-state index in [9.17, 15) is 4.39 Å². The SMILES string of the molecule is CC1CCN(C(N)=NCCc2c[nH]c3ccc(F)cc23)CC1.I. The van der Waals surface area contributed by atoms with E-state index >= 15 is 0 Å². The molecule has 0 atom stereocenters. The fourth-order valence-corrected chi connectivity index (χ4v) is 2.99. The van der Waals surface area contributed by atoms with E-state index in [1.807, 2.05) is 6.20 Å². The molecule has 3 N–H and O–H groups in total. The van der Waals surface area contributed by atoms with Crippen molar-refractivity contribution in [3.63, 3.8) is 0 Å². The Kier molecular flexibility index (Phi) is 6.26. The van der Waals surface area contributed by atoms with Gasteiger partial charge in [0.05, 0.1) is 0 Å². The average Bonchev–Trinajstić information content (AvgIpc) is 2.90. The monoisotopic (exact) mass is 430 g/mol. The van der Waals surface area contributed by atoms with E-state index in [4.69, 9.17) is 5.73 Å². The average molecular weight is 430 g/mol. The number of hydrogen-bond donors (Lipinski definition) is 2. The number of nitrogens with two attached hydrogens (primary N) is 1. The number of nitrogens with one attached hydrogen (secondary N) is 1. The van der Waals surface area contributed by atoms with Crippen molar-refractivity contribution in [2.75, 3.05) is 19.6 Å². The Bertz CT molecular complexity index is 674. The number of benzene rings is 1. The number of guanidine groups is 1. The van der Waals surface area contributed by atoms with Gasteiger partial charge >= 0.3 is 0 Å². The quantitative estimate of drug-likeness (QED) is 0.445. The Labute approximate surface area is 153 Å². The van der Waals surface area contributed by atoms with Crippen molar-refractivity contribution < 1.29 is 4.39 Å². The van der Waals surface area contributed by atoms with Gasteiger partial charge in [0.2, 0.25) is 0 Å². The minimum absolute atomic E-state index is 0. The van der Waals surface area contributed by atoms with E-state index in [2.05, 4.69) is 21.8 Å². The number of aromatic nitrogens is 1. The first-order valence-electron chi connectivity index (χ1n) is 7.94. The lowest BCUT2D eigenvalue weighted by Crippen LogP contribution is -2.42. The molecule has 0 unspecified atom stereocenters. The molecule has 0 bridgehead atoms. The molecule has 0 spiro atoms. The summed E-state index contributed by atoms with van der Waals surface area (Å²) in [7, 11) is 0. The minimum atomic E-state index is -0.209. The molecule has 0 amide bonds. The van der Waals surface area contributed by atoms with E-state index in [-0.39, 0.29) is 29.8 Å². The number of likely N-dealkylation sites (tertiary alicyclic amines) is 1. The van der Waals surface area contributed by atoms with Gasteiger partial charge in [-0.25, -0.2) is 4.39 Å². The van der Waals surface area contributed by atoms with Gasteiger partial charge in [0.25, 0.3) is 0 Å². The number of H-pyrrole nitrogens is 1. The lowest BCUT2D eigenvalue weighted by molar-refractivity contribution is 0.277. The summed E-state index contributed by atoms with van der Waals surface area (Å²) in [5.41, 5.74) is 8.12. The van der Waals surface area contributed by atoms with Crippen molar-refractivity contribution in [1.82, 2.24) is 9.88 Å². The predicted molar refractivity (Wildman–Crippen MR) is 104 cm³/mol. The summed E-state index contributed by atoms with van der Waals surface area (Å²) in [6, 6.07) is 4.80. The van der Waals surface area contributed by atoms with Crippen LogP contribution in [0.25, 0.3) is 10.9 Å². The van der Waals surface area contributed by atoms with Gasteiger partial charge in [-0.1, -0.05) is 6.92 Å². The molecule has 6 heteroatoms. The zero-order valence-corrected chi connectivity index (χ0v) is 15.7. The Balaban J connectivity index is 0.00000192. The lowest BCUT2D eigenvalue weighted by atomic mass is 10.00. The second-order valence-electron chi connectivity index (χ2n) is 6.16. The number of aliphatic imine (C=N–C) groups is 1. The molecule has 0 aliphatic carbocycles. The molecule has 2 heterocycles. The normalized spacial score (nSPS) is 16.6. The largest absolute Gasteiger partial charge is 0.370 e. The van der Waals surface area contributed by atoms with Gasteiger partial charge in [-0.15, -0.1) is 24.0 Å². The summed E-state index contributed by atoms with van der Waals surface area (Å²) in [5.74, 6) is 1.21. The van der Waals surface area contributed by atoms with Crippen LogP contribution in [0.15, 0.2) is 29.4 Å². The number of aromatic amines is 1. The van der Waals surface area contributed by atoms with Crippen LogP contribution in [-0.2, 0) is 6.42 Å². The summed E-state index contributed by atoms with van der Waals surface area (Å²) >= 11 is 0. The minimum Gasteiger partial charge on any atom is -0.370 e. The smallest absolute Gasteiger partial charge is 0.191 e. The highest BCUT2D eigenvalue weighted by Crippen LogP contribution is 2.20. The van der Waals surface area contributed by atoms with Gasteiger partial charge in [-0.3, -0.25) is 4.99 Å². The Morgan fingerprint density at radius 1 is 1.39 bits per heavy atom. The Hall–Kier alpha value is -1.31. The topological polar surface area (TPSA) is 57.4 Å². The number of fused-ring (bicyclic) bond motifs is 1. The first kappa shape index (κ1) is 18.0. The van der Waals surface area contributed by atoms with Crippen LogP contribution in [-0.4, -0.2) is 35.5 Å². The second kappa shape index (κ2) is 7.99. The van der Waals surface area contributed by atoms with Crippen molar-refractivity contribution >= 4 is 40.8 Å². The summed E-state index contributed by atoms with van der Waals surface area (Å²) < 4.78 is 13.4. The van der Waals surface area contributed by atoms with E-state index < -0.39 is 0 Å². The van der Waals surface area contributed by atoms with Crippen molar-refractivity contribution in [1.29, 1.82) is 0 Å². The van der Waals surface area contributed by atoms with Crippen LogP contribution < -0.4 is 5.73 Å². The van der Waals surface area contributed by atoms with Crippen molar-refractivity contribution in [3.8, 4) is 0 Å². The van der Waals surface area contributed by atoms with E-state index in [0.29, 0.717) is 12.5 Å². The van der Waals surface area contributed by atoms with E-state index in [0.717, 1.165) is 41.9 Å². The molecule has 0 radical (unpaired) electrons. The predicted octanol–water partition coefficient (Wildman–Crippen LogP) is 3.51. The van der Waals surface area contributed by atoms with Gasteiger partial charge in [0.1, 0.15) is 5.82 Å². The molecule has 1 aromatic heterocycles. The Morgan fingerprint density at radius 2 is 2.13 bits per heavy atom.